The normalized spacial score (nSPS) is 21.7. The molecule has 1 unspecified atom stereocenters. The second kappa shape index (κ2) is 7.75. The largest absolute Gasteiger partial charge is 0.381 e. The van der Waals surface area contributed by atoms with Crippen LogP contribution in [0.4, 0.5) is 0 Å². The van der Waals surface area contributed by atoms with E-state index in [1.54, 1.807) is 6.20 Å². The Morgan fingerprint density at radius 2 is 2.08 bits per heavy atom. The topological polar surface area (TPSA) is 71.5 Å². The highest BCUT2D eigenvalue weighted by molar-refractivity contribution is 5.79. The first-order valence-corrected chi connectivity index (χ1v) is 8.72. The molecule has 0 aliphatic carbocycles. The summed E-state index contributed by atoms with van der Waals surface area (Å²) < 4.78 is 5.36. The van der Waals surface area contributed by atoms with Crippen molar-refractivity contribution in [2.45, 2.75) is 45.2 Å². The summed E-state index contributed by atoms with van der Waals surface area (Å²) in [5, 5.41) is 2.77. The van der Waals surface area contributed by atoms with Crippen LogP contribution in [0.25, 0.3) is 0 Å². The molecule has 0 spiro atoms. The number of hydrogen-bond donors (Lipinski definition) is 1. The smallest absolute Gasteiger partial charge is 0.226 e. The van der Waals surface area contributed by atoms with Gasteiger partial charge >= 0.3 is 0 Å². The Bertz CT molecular complexity index is 582. The van der Waals surface area contributed by atoms with E-state index in [0.717, 1.165) is 43.5 Å². The maximum absolute atomic E-state index is 12.8. The zero-order chi connectivity index (χ0) is 16.9. The van der Waals surface area contributed by atoms with Gasteiger partial charge in [0.25, 0.3) is 0 Å². The minimum Gasteiger partial charge on any atom is -0.381 e. The number of nitrogens with one attached hydrogen (secondary N) is 1. The molecule has 2 amide bonds. The zero-order valence-electron chi connectivity index (χ0n) is 14.2. The molecule has 6 heteroatoms. The molecular weight excluding hydrogens is 306 g/mol. The van der Waals surface area contributed by atoms with E-state index >= 15 is 0 Å². The number of ether oxygens (including phenoxy) is 1. The molecule has 6 nitrogen and oxygen atoms in total. The maximum Gasteiger partial charge on any atom is 0.226 e. The van der Waals surface area contributed by atoms with Crippen LogP contribution in [0.2, 0.25) is 0 Å². The van der Waals surface area contributed by atoms with E-state index in [2.05, 4.69) is 10.3 Å². The second-order valence-corrected chi connectivity index (χ2v) is 6.58. The minimum atomic E-state index is -0.0527. The lowest BCUT2D eigenvalue weighted by Crippen LogP contribution is -2.38. The number of likely N-dealkylation sites (tertiary alicyclic amines) is 1. The molecule has 2 fully saturated rings. The predicted molar refractivity (Wildman–Crippen MR) is 89.0 cm³/mol. The molecule has 3 rings (SSSR count). The lowest BCUT2D eigenvalue weighted by atomic mass is 9.98. The minimum absolute atomic E-state index is 0.0527. The molecule has 0 radical (unpaired) electrons. The first-order valence-electron chi connectivity index (χ1n) is 8.72. The van der Waals surface area contributed by atoms with Gasteiger partial charge in [0.2, 0.25) is 11.8 Å². The molecule has 2 aliphatic heterocycles. The fraction of sp³-hybridized carbons (Fsp3) is 0.611. The molecule has 1 atom stereocenters. The molecule has 0 bridgehead atoms. The number of pyridine rings is 1. The van der Waals surface area contributed by atoms with Gasteiger partial charge in [-0.05, 0) is 37.3 Å². The molecule has 0 saturated carbocycles. The molecular formula is C18H25N3O3. The van der Waals surface area contributed by atoms with E-state index in [1.165, 1.54) is 6.92 Å². The van der Waals surface area contributed by atoms with Crippen molar-refractivity contribution in [3.63, 3.8) is 0 Å². The standard InChI is InChI=1S/C18H25N3O3/c1-13(22)19-11-14-4-5-16(20-12-14)17-3-2-8-21(17)18(23)15-6-9-24-10-7-15/h4-5,12,15,17H,2-3,6-11H2,1H3,(H,19,22). The maximum atomic E-state index is 12.8. The number of rotatable bonds is 4. The molecule has 24 heavy (non-hydrogen) atoms. The number of aromatic nitrogens is 1. The average molecular weight is 331 g/mol. The van der Waals surface area contributed by atoms with Crippen molar-refractivity contribution >= 4 is 11.8 Å². The summed E-state index contributed by atoms with van der Waals surface area (Å²) in [6.07, 6.45) is 5.43. The Balaban J connectivity index is 1.66. The van der Waals surface area contributed by atoms with E-state index in [4.69, 9.17) is 4.74 Å². The summed E-state index contributed by atoms with van der Waals surface area (Å²) in [6, 6.07) is 4.04. The molecule has 130 valence electrons. The van der Waals surface area contributed by atoms with Crippen LogP contribution in [0.1, 0.15) is 49.9 Å². The van der Waals surface area contributed by atoms with Gasteiger partial charge in [-0.2, -0.15) is 0 Å². The third-order valence-corrected chi connectivity index (χ3v) is 4.84. The molecule has 1 aromatic heterocycles. The highest BCUT2D eigenvalue weighted by atomic mass is 16.5. The lowest BCUT2D eigenvalue weighted by Gasteiger charge is -2.30. The van der Waals surface area contributed by atoms with Crippen molar-refractivity contribution in [2.24, 2.45) is 5.92 Å². The first kappa shape index (κ1) is 16.9. The summed E-state index contributed by atoms with van der Waals surface area (Å²) in [5.74, 6) is 0.298. The Morgan fingerprint density at radius 1 is 1.29 bits per heavy atom. The van der Waals surface area contributed by atoms with Crippen molar-refractivity contribution in [1.82, 2.24) is 15.2 Å². The number of carbonyl (C=O) groups is 2. The summed E-state index contributed by atoms with van der Waals surface area (Å²) in [7, 11) is 0. The fourth-order valence-corrected chi connectivity index (χ4v) is 3.48. The molecule has 0 aromatic carbocycles. The SMILES string of the molecule is CC(=O)NCc1ccc(C2CCCN2C(=O)C2CCOCC2)nc1. The Labute approximate surface area is 142 Å². The van der Waals surface area contributed by atoms with Crippen molar-refractivity contribution in [1.29, 1.82) is 0 Å². The molecule has 3 heterocycles. The lowest BCUT2D eigenvalue weighted by molar-refractivity contribution is -0.139. The highest BCUT2D eigenvalue weighted by Gasteiger charge is 2.35. The van der Waals surface area contributed by atoms with Crippen LogP contribution < -0.4 is 5.32 Å². The van der Waals surface area contributed by atoms with E-state index in [1.807, 2.05) is 17.0 Å². The predicted octanol–water partition coefficient (Wildman–Crippen LogP) is 1.81. The summed E-state index contributed by atoms with van der Waals surface area (Å²) in [5.41, 5.74) is 1.91. The Morgan fingerprint density at radius 3 is 2.75 bits per heavy atom. The third kappa shape index (κ3) is 3.93. The number of carbonyl (C=O) groups excluding carboxylic acids is 2. The summed E-state index contributed by atoms with van der Waals surface area (Å²) in [6.45, 7) is 4.17. The summed E-state index contributed by atoms with van der Waals surface area (Å²) in [4.78, 5) is 30.4. The van der Waals surface area contributed by atoms with Crippen molar-refractivity contribution < 1.29 is 14.3 Å². The number of hydrogen-bond acceptors (Lipinski definition) is 4. The fourth-order valence-electron chi connectivity index (χ4n) is 3.48. The van der Waals surface area contributed by atoms with E-state index in [0.29, 0.717) is 19.8 Å². The molecule has 1 N–H and O–H groups in total. The van der Waals surface area contributed by atoms with Crippen LogP contribution >= 0.6 is 0 Å². The van der Waals surface area contributed by atoms with Gasteiger partial charge in [0.05, 0.1) is 11.7 Å². The van der Waals surface area contributed by atoms with Crippen LogP contribution in [0.15, 0.2) is 18.3 Å². The summed E-state index contributed by atoms with van der Waals surface area (Å²) >= 11 is 0. The second-order valence-electron chi connectivity index (χ2n) is 6.58. The van der Waals surface area contributed by atoms with Gasteiger partial charge in [-0.3, -0.25) is 14.6 Å². The zero-order valence-corrected chi connectivity index (χ0v) is 14.2. The van der Waals surface area contributed by atoms with Gasteiger partial charge in [-0.15, -0.1) is 0 Å². The highest BCUT2D eigenvalue weighted by Crippen LogP contribution is 2.33. The third-order valence-electron chi connectivity index (χ3n) is 4.84. The number of nitrogens with zero attached hydrogens (tertiary/aromatic N) is 2. The monoisotopic (exact) mass is 331 g/mol. The van der Waals surface area contributed by atoms with Gasteiger partial charge < -0.3 is 15.0 Å². The van der Waals surface area contributed by atoms with Gasteiger partial charge in [0.1, 0.15) is 0 Å². The van der Waals surface area contributed by atoms with Crippen LogP contribution in [0, 0.1) is 5.92 Å². The van der Waals surface area contributed by atoms with Gasteiger partial charge in [-0.25, -0.2) is 0 Å². The quantitative estimate of drug-likeness (QED) is 0.913. The van der Waals surface area contributed by atoms with E-state index in [9.17, 15) is 9.59 Å². The van der Waals surface area contributed by atoms with Crippen LogP contribution in [-0.2, 0) is 20.9 Å². The van der Waals surface area contributed by atoms with E-state index < -0.39 is 0 Å². The molecule has 1 aromatic rings. The van der Waals surface area contributed by atoms with Crippen molar-refractivity contribution in [3.05, 3.63) is 29.6 Å². The van der Waals surface area contributed by atoms with Crippen LogP contribution in [-0.4, -0.2) is 41.5 Å². The van der Waals surface area contributed by atoms with E-state index in [-0.39, 0.29) is 23.8 Å². The first-order chi connectivity index (χ1) is 11.6. The average Bonchev–Trinajstić information content (AvgIpc) is 3.10. The molecule has 2 aliphatic rings. The number of amides is 2. The molecule has 2 saturated heterocycles. The Kier molecular flexibility index (Phi) is 5.45. The Hall–Kier alpha value is -1.95. The van der Waals surface area contributed by atoms with Gasteiger partial charge in [0.15, 0.2) is 0 Å². The van der Waals surface area contributed by atoms with Crippen LogP contribution in [0.3, 0.4) is 0 Å². The van der Waals surface area contributed by atoms with Crippen LogP contribution in [0.5, 0.6) is 0 Å². The van der Waals surface area contributed by atoms with Crippen molar-refractivity contribution in [2.75, 3.05) is 19.8 Å². The van der Waals surface area contributed by atoms with Gasteiger partial charge in [-0.1, -0.05) is 6.07 Å². The van der Waals surface area contributed by atoms with Gasteiger partial charge in [0, 0.05) is 45.3 Å². The van der Waals surface area contributed by atoms with Crippen molar-refractivity contribution in [3.8, 4) is 0 Å².